The van der Waals surface area contributed by atoms with Gasteiger partial charge in [0.2, 0.25) is 0 Å². The van der Waals surface area contributed by atoms with Gasteiger partial charge in [-0.1, -0.05) is 29.8 Å². The van der Waals surface area contributed by atoms with Crippen LogP contribution >= 0.6 is 11.6 Å². The fourth-order valence-corrected chi connectivity index (χ4v) is 3.42. The second-order valence-electron chi connectivity index (χ2n) is 7.08. The Morgan fingerprint density at radius 3 is 2.09 bits per heavy atom. The number of carboxylic acid groups (broad SMARTS) is 1. The summed E-state index contributed by atoms with van der Waals surface area (Å²) in [5.74, 6) is -1.31. The predicted molar refractivity (Wildman–Crippen MR) is 105 cm³/mol. The van der Waals surface area contributed by atoms with Crippen LogP contribution in [-0.4, -0.2) is 27.5 Å². The van der Waals surface area contributed by atoms with E-state index in [9.17, 15) is 36.2 Å². The smallest absolute Gasteiger partial charge is 0.416 e. The average molecular weight is 477 g/mol. The molecule has 1 heterocycles. The lowest BCUT2D eigenvalue weighted by Gasteiger charge is -2.22. The summed E-state index contributed by atoms with van der Waals surface area (Å²) in [7, 11) is 0. The van der Waals surface area contributed by atoms with Crippen molar-refractivity contribution in [3.05, 3.63) is 75.9 Å². The third-order valence-corrected chi connectivity index (χ3v) is 4.88. The van der Waals surface area contributed by atoms with Crippen molar-refractivity contribution in [3.8, 4) is 0 Å². The zero-order valence-corrected chi connectivity index (χ0v) is 16.9. The molecule has 0 unspecified atom stereocenters. The Hall–Kier alpha value is -2.85. The largest absolute Gasteiger partial charge is 0.480 e. The maximum Gasteiger partial charge on any atom is 0.416 e. The Morgan fingerprint density at radius 2 is 1.53 bits per heavy atom. The number of carboxylic acids is 1. The highest BCUT2D eigenvalue weighted by Gasteiger charge is 2.37. The number of hydrogen-bond acceptors (Lipinski definition) is 3. The first-order chi connectivity index (χ1) is 14.8. The molecule has 3 rings (SSSR count). The third kappa shape index (κ3) is 5.89. The molecule has 0 aliphatic rings. The molecule has 0 aliphatic carbocycles. The van der Waals surface area contributed by atoms with Gasteiger partial charge in [0.05, 0.1) is 23.2 Å². The van der Waals surface area contributed by atoms with E-state index in [0.717, 1.165) is 0 Å². The summed E-state index contributed by atoms with van der Waals surface area (Å²) in [5, 5.41) is 9.95. The maximum absolute atomic E-state index is 13.1. The molecule has 0 fully saturated rings. The van der Waals surface area contributed by atoms with E-state index in [1.165, 1.54) is 4.90 Å². The van der Waals surface area contributed by atoms with Crippen LogP contribution < -0.4 is 0 Å². The van der Waals surface area contributed by atoms with E-state index < -0.39 is 42.5 Å². The van der Waals surface area contributed by atoms with Crippen molar-refractivity contribution in [2.24, 2.45) is 0 Å². The van der Waals surface area contributed by atoms with Crippen molar-refractivity contribution in [1.29, 1.82) is 0 Å². The Bertz CT molecular complexity index is 1120. The molecular weight excluding hydrogens is 462 g/mol. The number of hydrogen-bond donors (Lipinski definition) is 1. The number of alkyl halides is 6. The molecule has 3 aromatic rings. The number of halogens is 7. The first-order valence-corrected chi connectivity index (χ1v) is 9.47. The minimum atomic E-state index is -5.00. The van der Waals surface area contributed by atoms with E-state index >= 15 is 0 Å². The molecule has 0 atom stereocenters. The van der Waals surface area contributed by atoms with Gasteiger partial charge in [-0.25, -0.2) is 4.98 Å². The van der Waals surface area contributed by atoms with E-state index in [1.807, 2.05) is 0 Å². The van der Waals surface area contributed by atoms with Crippen LogP contribution in [0.2, 0.25) is 5.15 Å². The SMILES string of the molecule is O=C(O)CN(Cc1cc(C(F)(F)F)cc(C(F)(F)F)c1)Cc1cc2ccccc2nc1Cl. The number of carbonyl (C=O) groups is 1. The summed E-state index contributed by atoms with van der Waals surface area (Å²) in [6.45, 7) is -1.27. The van der Waals surface area contributed by atoms with Gasteiger partial charge >= 0.3 is 18.3 Å². The van der Waals surface area contributed by atoms with Gasteiger partial charge in [0.15, 0.2) is 0 Å². The van der Waals surface area contributed by atoms with E-state index in [1.54, 1.807) is 30.3 Å². The van der Waals surface area contributed by atoms with Gasteiger partial charge in [-0.2, -0.15) is 26.3 Å². The van der Waals surface area contributed by atoms with Gasteiger partial charge in [0, 0.05) is 24.0 Å². The van der Waals surface area contributed by atoms with E-state index in [0.29, 0.717) is 28.6 Å². The highest BCUT2D eigenvalue weighted by molar-refractivity contribution is 6.30. The summed E-state index contributed by atoms with van der Waals surface area (Å²) >= 11 is 6.17. The summed E-state index contributed by atoms with van der Waals surface area (Å²) in [6, 6.07) is 9.76. The molecule has 0 bridgehead atoms. The molecule has 0 spiro atoms. The van der Waals surface area contributed by atoms with Crippen molar-refractivity contribution in [2.75, 3.05) is 6.54 Å². The number of pyridine rings is 1. The summed E-state index contributed by atoms with van der Waals surface area (Å²) in [5.41, 5.74) is -2.31. The highest BCUT2D eigenvalue weighted by atomic mass is 35.5. The predicted octanol–water partition coefficient (Wildman–Crippen LogP) is 6.01. The monoisotopic (exact) mass is 476 g/mol. The van der Waals surface area contributed by atoms with Crippen molar-refractivity contribution < 1.29 is 36.2 Å². The first-order valence-electron chi connectivity index (χ1n) is 9.09. The Labute approximate surface area is 183 Å². The molecule has 1 aromatic heterocycles. The Balaban J connectivity index is 1.97. The molecule has 0 aliphatic heterocycles. The molecule has 0 saturated heterocycles. The summed E-state index contributed by atoms with van der Waals surface area (Å²) < 4.78 is 78.8. The molecule has 4 nitrogen and oxygen atoms in total. The molecule has 0 saturated carbocycles. The number of nitrogens with zero attached hydrogens (tertiary/aromatic N) is 2. The van der Waals surface area contributed by atoms with Crippen LogP contribution in [0.1, 0.15) is 22.3 Å². The van der Waals surface area contributed by atoms with Crippen molar-refractivity contribution in [3.63, 3.8) is 0 Å². The fourth-order valence-electron chi connectivity index (χ4n) is 3.22. The zero-order valence-electron chi connectivity index (χ0n) is 16.1. The number of benzene rings is 2. The lowest BCUT2D eigenvalue weighted by molar-refractivity contribution is -0.143. The van der Waals surface area contributed by atoms with Crippen LogP contribution in [0.15, 0.2) is 48.5 Å². The van der Waals surface area contributed by atoms with Crippen LogP contribution in [0.5, 0.6) is 0 Å². The topological polar surface area (TPSA) is 53.4 Å². The number of aliphatic carboxylic acids is 1. The van der Waals surface area contributed by atoms with Gasteiger partial charge < -0.3 is 5.11 Å². The maximum atomic E-state index is 13.1. The molecule has 32 heavy (non-hydrogen) atoms. The van der Waals surface area contributed by atoms with E-state index in [4.69, 9.17) is 11.6 Å². The highest BCUT2D eigenvalue weighted by Crippen LogP contribution is 2.36. The second-order valence-corrected chi connectivity index (χ2v) is 7.44. The minimum absolute atomic E-state index is 0.0230. The van der Waals surface area contributed by atoms with Crippen LogP contribution in [0, 0.1) is 0 Å². The standard InChI is InChI=1S/C21H15ClF6N2O2/c22-19-14(7-13-3-1-2-4-17(13)29-19)10-30(11-18(31)32)9-12-5-15(20(23,24)25)8-16(6-12)21(26,27)28/h1-8H,9-11H2,(H,31,32). The van der Waals surface area contributed by atoms with Crippen molar-refractivity contribution in [2.45, 2.75) is 25.4 Å². The van der Waals surface area contributed by atoms with Crippen molar-refractivity contribution in [1.82, 2.24) is 9.88 Å². The van der Waals surface area contributed by atoms with Crippen LogP contribution in [-0.2, 0) is 30.2 Å². The van der Waals surface area contributed by atoms with Gasteiger partial charge in [-0.15, -0.1) is 0 Å². The lowest BCUT2D eigenvalue weighted by atomic mass is 10.0. The summed E-state index contributed by atoms with van der Waals surface area (Å²) in [6.07, 6.45) is -10.0. The normalized spacial score (nSPS) is 12.5. The van der Waals surface area contributed by atoms with Gasteiger partial charge in [0.1, 0.15) is 5.15 Å². The summed E-state index contributed by atoms with van der Waals surface area (Å²) in [4.78, 5) is 16.7. The van der Waals surface area contributed by atoms with Gasteiger partial charge in [-0.3, -0.25) is 9.69 Å². The molecule has 170 valence electrons. The number of fused-ring (bicyclic) bond motifs is 1. The number of para-hydroxylation sites is 1. The number of rotatable bonds is 6. The molecule has 1 N–H and O–H groups in total. The van der Waals surface area contributed by atoms with Crippen LogP contribution in [0.3, 0.4) is 0 Å². The Kier molecular flexibility index (Phi) is 6.66. The molecule has 2 aromatic carbocycles. The lowest BCUT2D eigenvalue weighted by Crippen LogP contribution is -2.29. The molecule has 0 radical (unpaired) electrons. The fraction of sp³-hybridized carbons (Fsp3) is 0.238. The quantitative estimate of drug-likeness (QED) is 0.349. The van der Waals surface area contributed by atoms with Gasteiger partial charge in [-0.05, 0) is 35.9 Å². The average Bonchev–Trinajstić information content (AvgIpc) is 2.66. The van der Waals surface area contributed by atoms with Crippen molar-refractivity contribution >= 4 is 28.5 Å². The van der Waals surface area contributed by atoms with Crippen LogP contribution in [0.25, 0.3) is 10.9 Å². The minimum Gasteiger partial charge on any atom is -0.480 e. The number of aromatic nitrogens is 1. The molecular formula is C21H15ClF6N2O2. The second kappa shape index (κ2) is 8.95. The van der Waals surface area contributed by atoms with Gasteiger partial charge in [0.25, 0.3) is 0 Å². The van der Waals surface area contributed by atoms with E-state index in [-0.39, 0.29) is 23.3 Å². The molecule has 0 amide bonds. The van der Waals surface area contributed by atoms with Crippen LogP contribution in [0.4, 0.5) is 26.3 Å². The molecule has 11 heteroatoms. The third-order valence-electron chi connectivity index (χ3n) is 4.56. The zero-order chi connectivity index (χ0) is 23.7. The van der Waals surface area contributed by atoms with E-state index in [2.05, 4.69) is 4.98 Å². The first kappa shape index (κ1) is 23.8. The Morgan fingerprint density at radius 1 is 0.938 bits per heavy atom.